The van der Waals surface area contributed by atoms with Crippen LogP contribution in [0.4, 0.5) is 0 Å². The van der Waals surface area contributed by atoms with Crippen molar-refractivity contribution in [1.29, 1.82) is 0 Å². The maximum Gasteiger partial charge on any atom is 0.129 e. The molecule has 0 amide bonds. The van der Waals surface area contributed by atoms with Crippen LogP contribution in [-0.2, 0) is 0 Å². The smallest absolute Gasteiger partial charge is 0.129 e. The molecule has 0 aliphatic carbocycles. The maximum absolute atomic E-state index is 4.46. The van der Waals surface area contributed by atoms with Gasteiger partial charge in [0.1, 0.15) is 8.07 Å². The van der Waals surface area contributed by atoms with Gasteiger partial charge in [0, 0.05) is 11.8 Å². The van der Waals surface area contributed by atoms with Gasteiger partial charge in [-0.25, -0.2) is 0 Å². The molecule has 1 heterocycles. The van der Waals surface area contributed by atoms with E-state index in [1.165, 1.54) is 0 Å². The minimum absolute atomic E-state index is 0.976. The van der Waals surface area contributed by atoms with Gasteiger partial charge in [-0.05, 0) is 12.1 Å². The average molecular weight is 251 g/mol. The van der Waals surface area contributed by atoms with Crippen LogP contribution in [-0.4, -0.2) is 13.1 Å². The van der Waals surface area contributed by atoms with E-state index < -0.39 is 8.07 Å². The lowest BCUT2D eigenvalue weighted by Gasteiger charge is -2.06. The van der Waals surface area contributed by atoms with Gasteiger partial charge in [-0.3, -0.25) is 4.98 Å². The van der Waals surface area contributed by atoms with Crippen molar-refractivity contribution in [3.05, 3.63) is 54.2 Å². The van der Waals surface area contributed by atoms with Crippen LogP contribution in [0.15, 0.2) is 48.7 Å². The van der Waals surface area contributed by atoms with E-state index in [0.29, 0.717) is 0 Å². The predicted molar refractivity (Wildman–Crippen MR) is 79.9 cm³/mol. The summed E-state index contributed by atoms with van der Waals surface area (Å²) in [6.45, 7) is 6.75. The third-order valence-corrected chi connectivity index (χ3v) is 3.30. The van der Waals surface area contributed by atoms with Crippen LogP contribution in [0, 0.1) is 11.5 Å². The molecule has 2 aromatic rings. The van der Waals surface area contributed by atoms with E-state index in [2.05, 4.69) is 48.2 Å². The fraction of sp³-hybridized carbons (Fsp3) is 0.188. The van der Waals surface area contributed by atoms with Crippen LogP contribution < -0.4 is 0 Å². The first kappa shape index (κ1) is 12.6. The SMILES string of the molecule is C[Si](C)(C)C#Cc1cccnc1-c1ccccc1. The molecule has 1 aromatic heterocycles. The second-order valence-corrected chi connectivity index (χ2v) is 10.0. The molecule has 0 spiro atoms. The topological polar surface area (TPSA) is 12.9 Å². The number of nitrogens with zero attached hydrogens (tertiary/aromatic N) is 1. The second kappa shape index (κ2) is 5.20. The van der Waals surface area contributed by atoms with Crippen LogP contribution in [0.5, 0.6) is 0 Å². The number of hydrogen-bond acceptors (Lipinski definition) is 1. The summed E-state index contributed by atoms with van der Waals surface area (Å²) < 4.78 is 0. The van der Waals surface area contributed by atoms with Gasteiger partial charge in [-0.1, -0.05) is 55.9 Å². The van der Waals surface area contributed by atoms with Gasteiger partial charge >= 0.3 is 0 Å². The van der Waals surface area contributed by atoms with Crippen molar-refractivity contribution in [2.75, 3.05) is 0 Å². The zero-order valence-electron chi connectivity index (χ0n) is 11.1. The molecule has 2 rings (SSSR count). The predicted octanol–water partition coefficient (Wildman–Crippen LogP) is 3.98. The van der Waals surface area contributed by atoms with Crippen LogP contribution in [0.25, 0.3) is 11.3 Å². The Kier molecular flexibility index (Phi) is 3.64. The Morgan fingerprint density at radius 1 is 0.944 bits per heavy atom. The lowest BCUT2D eigenvalue weighted by Crippen LogP contribution is -2.16. The zero-order chi connectivity index (χ0) is 13.0. The molecule has 0 radical (unpaired) electrons. The Bertz CT molecular complexity index is 586. The summed E-state index contributed by atoms with van der Waals surface area (Å²) in [7, 11) is -1.35. The van der Waals surface area contributed by atoms with E-state index in [9.17, 15) is 0 Å². The average Bonchev–Trinajstić information content (AvgIpc) is 2.37. The van der Waals surface area contributed by atoms with E-state index in [0.717, 1.165) is 16.8 Å². The van der Waals surface area contributed by atoms with Crippen LogP contribution in [0.2, 0.25) is 19.6 Å². The molecule has 18 heavy (non-hydrogen) atoms. The molecular formula is C16H17NSi. The van der Waals surface area contributed by atoms with Gasteiger partial charge in [0.15, 0.2) is 0 Å². The Morgan fingerprint density at radius 2 is 1.67 bits per heavy atom. The molecular weight excluding hydrogens is 234 g/mol. The number of aromatic nitrogens is 1. The van der Waals surface area contributed by atoms with Gasteiger partial charge in [0.05, 0.1) is 11.3 Å². The Balaban J connectivity index is 2.47. The van der Waals surface area contributed by atoms with Crippen LogP contribution in [0.3, 0.4) is 0 Å². The lowest BCUT2D eigenvalue weighted by molar-refractivity contribution is 1.31. The normalized spacial score (nSPS) is 10.6. The minimum Gasteiger partial charge on any atom is -0.255 e. The molecule has 0 saturated heterocycles. The van der Waals surface area contributed by atoms with Gasteiger partial charge < -0.3 is 0 Å². The van der Waals surface area contributed by atoms with Crippen molar-refractivity contribution in [2.45, 2.75) is 19.6 Å². The molecule has 0 bridgehead atoms. The molecule has 0 N–H and O–H groups in total. The van der Waals surface area contributed by atoms with E-state index in [1.54, 1.807) is 0 Å². The van der Waals surface area contributed by atoms with Crippen LogP contribution in [0.1, 0.15) is 5.56 Å². The van der Waals surface area contributed by atoms with E-state index >= 15 is 0 Å². The monoisotopic (exact) mass is 251 g/mol. The fourth-order valence-corrected chi connectivity index (χ4v) is 2.10. The molecule has 90 valence electrons. The molecule has 2 heteroatoms. The van der Waals surface area contributed by atoms with Gasteiger partial charge in [-0.15, -0.1) is 5.54 Å². The van der Waals surface area contributed by atoms with Crippen molar-refractivity contribution >= 4 is 8.07 Å². The van der Waals surface area contributed by atoms with Gasteiger partial charge in [0.2, 0.25) is 0 Å². The Morgan fingerprint density at radius 3 is 2.33 bits per heavy atom. The number of pyridine rings is 1. The molecule has 0 aliphatic heterocycles. The van der Waals surface area contributed by atoms with E-state index in [4.69, 9.17) is 0 Å². The lowest BCUT2D eigenvalue weighted by atomic mass is 10.1. The van der Waals surface area contributed by atoms with Crippen molar-refractivity contribution in [3.8, 4) is 22.7 Å². The Labute approximate surface area is 110 Å². The summed E-state index contributed by atoms with van der Waals surface area (Å²) >= 11 is 0. The summed E-state index contributed by atoms with van der Waals surface area (Å²) in [6, 6.07) is 14.2. The highest BCUT2D eigenvalue weighted by atomic mass is 28.3. The molecule has 1 aromatic carbocycles. The number of rotatable bonds is 1. The molecule has 0 unspecified atom stereocenters. The minimum atomic E-state index is -1.35. The first-order valence-corrected chi connectivity index (χ1v) is 9.60. The number of hydrogen-bond donors (Lipinski definition) is 0. The summed E-state index contributed by atoms with van der Waals surface area (Å²) in [6.07, 6.45) is 1.82. The molecule has 1 nitrogen and oxygen atoms in total. The zero-order valence-corrected chi connectivity index (χ0v) is 12.1. The highest BCUT2D eigenvalue weighted by molar-refractivity contribution is 6.83. The van der Waals surface area contributed by atoms with Crippen molar-refractivity contribution in [2.24, 2.45) is 0 Å². The van der Waals surface area contributed by atoms with Gasteiger partial charge in [-0.2, -0.15) is 0 Å². The van der Waals surface area contributed by atoms with Crippen molar-refractivity contribution < 1.29 is 0 Å². The van der Waals surface area contributed by atoms with E-state index in [-0.39, 0.29) is 0 Å². The highest BCUT2D eigenvalue weighted by Gasteiger charge is 2.09. The first-order chi connectivity index (χ1) is 8.56. The maximum atomic E-state index is 4.46. The second-order valence-electron chi connectivity index (χ2n) is 5.27. The number of benzene rings is 1. The summed E-state index contributed by atoms with van der Waals surface area (Å²) in [5.41, 5.74) is 6.52. The molecule has 0 aliphatic rings. The largest absolute Gasteiger partial charge is 0.255 e. The molecule has 0 atom stereocenters. The van der Waals surface area contributed by atoms with Crippen molar-refractivity contribution in [3.63, 3.8) is 0 Å². The highest BCUT2D eigenvalue weighted by Crippen LogP contribution is 2.19. The van der Waals surface area contributed by atoms with Gasteiger partial charge in [0.25, 0.3) is 0 Å². The first-order valence-electron chi connectivity index (χ1n) is 6.10. The standard InChI is InChI=1S/C16H17NSi/c1-18(2,3)13-11-15-10-7-12-17-16(15)14-8-5-4-6-9-14/h4-10,12H,1-3H3. The molecule has 0 fully saturated rings. The third kappa shape index (κ3) is 3.32. The molecule has 0 saturated carbocycles. The summed E-state index contributed by atoms with van der Waals surface area (Å²) in [5.74, 6) is 3.30. The van der Waals surface area contributed by atoms with E-state index in [1.807, 2.05) is 36.5 Å². The third-order valence-electron chi connectivity index (χ3n) is 2.43. The summed E-state index contributed by atoms with van der Waals surface area (Å²) in [5, 5.41) is 0. The fourth-order valence-electron chi connectivity index (χ4n) is 1.59. The Hall–Kier alpha value is -1.85. The van der Waals surface area contributed by atoms with Crippen molar-refractivity contribution in [1.82, 2.24) is 4.98 Å². The quantitative estimate of drug-likeness (QED) is 0.552. The summed E-state index contributed by atoms with van der Waals surface area (Å²) in [4.78, 5) is 4.46. The van der Waals surface area contributed by atoms with Crippen LogP contribution >= 0.6 is 0 Å².